The maximum absolute atomic E-state index is 12.3. The zero-order valence-corrected chi connectivity index (χ0v) is 16.5. The predicted octanol–water partition coefficient (Wildman–Crippen LogP) is 5.06. The Morgan fingerprint density at radius 2 is 2.04 bits per heavy atom. The van der Waals surface area contributed by atoms with Crippen LogP contribution >= 0.6 is 11.8 Å². The molecule has 0 fully saturated rings. The van der Waals surface area contributed by atoms with Crippen molar-refractivity contribution in [2.24, 2.45) is 0 Å². The molecule has 0 saturated carbocycles. The number of carbonyl (C=O) groups is 1. The molecular weight excluding hydrogens is 370 g/mol. The van der Waals surface area contributed by atoms with Crippen LogP contribution in [0.5, 0.6) is 0 Å². The fourth-order valence-corrected chi connectivity index (χ4v) is 3.67. The van der Waals surface area contributed by atoms with E-state index in [1.54, 1.807) is 12.1 Å². The summed E-state index contributed by atoms with van der Waals surface area (Å²) in [6, 6.07) is 10.9. The number of thioether (sulfide) groups is 1. The largest absolute Gasteiger partial charge is 0.456 e. The average molecular weight is 391 g/mol. The molecule has 0 aliphatic heterocycles. The van der Waals surface area contributed by atoms with Crippen LogP contribution in [-0.2, 0) is 11.3 Å². The van der Waals surface area contributed by atoms with Crippen LogP contribution in [0.4, 0.5) is 0 Å². The van der Waals surface area contributed by atoms with Crippen molar-refractivity contribution >= 4 is 34.2 Å². The van der Waals surface area contributed by atoms with Crippen LogP contribution in [0.3, 0.4) is 0 Å². The van der Waals surface area contributed by atoms with Gasteiger partial charge in [-0.05, 0) is 55.7 Å². The summed E-state index contributed by atoms with van der Waals surface area (Å²) < 4.78 is 5.48. The molecule has 142 valence electrons. The van der Waals surface area contributed by atoms with E-state index in [-0.39, 0.29) is 12.6 Å². The van der Waals surface area contributed by atoms with Crippen molar-refractivity contribution in [1.82, 2.24) is 15.0 Å². The molecule has 0 N–H and O–H groups in total. The van der Waals surface area contributed by atoms with Crippen molar-refractivity contribution in [3.63, 3.8) is 0 Å². The molecule has 0 bridgehead atoms. The van der Waals surface area contributed by atoms with E-state index in [1.165, 1.54) is 23.8 Å². The SMILES string of the molecule is CSc1ncc2cc(COC(=O)c3ccccc3)nc(C3=CCCCC3)c2n1. The molecule has 1 aliphatic carbocycles. The summed E-state index contributed by atoms with van der Waals surface area (Å²) in [6.45, 7) is 0.119. The molecule has 0 radical (unpaired) electrons. The molecule has 1 aliphatic rings. The quantitative estimate of drug-likeness (QED) is 0.344. The maximum Gasteiger partial charge on any atom is 0.338 e. The van der Waals surface area contributed by atoms with E-state index in [2.05, 4.69) is 11.1 Å². The number of carbonyl (C=O) groups excluding carboxylic acids is 1. The Hall–Kier alpha value is -2.73. The maximum atomic E-state index is 12.3. The number of nitrogens with zero attached hydrogens (tertiary/aromatic N) is 3. The number of hydrogen-bond acceptors (Lipinski definition) is 6. The molecule has 28 heavy (non-hydrogen) atoms. The first kappa shape index (κ1) is 18.6. The molecule has 6 heteroatoms. The highest BCUT2D eigenvalue weighted by Gasteiger charge is 2.16. The van der Waals surface area contributed by atoms with Crippen LogP contribution < -0.4 is 0 Å². The van der Waals surface area contributed by atoms with E-state index >= 15 is 0 Å². The number of hydrogen-bond donors (Lipinski definition) is 0. The number of aromatic nitrogens is 3. The van der Waals surface area contributed by atoms with Crippen molar-refractivity contribution in [2.45, 2.75) is 37.4 Å². The van der Waals surface area contributed by atoms with E-state index in [9.17, 15) is 4.79 Å². The Labute approximate surface area is 168 Å². The van der Waals surface area contributed by atoms with E-state index in [1.807, 2.05) is 36.7 Å². The Kier molecular flexibility index (Phi) is 5.67. The molecular formula is C22H21N3O2S. The second kappa shape index (κ2) is 8.52. The molecule has 2 heterocycles. The molecule has 5 nitrogen and oxygen atoms in total. The summed E-state index contributed by atoms with van der Waals surface area (Å²) in [6.07, 6.45) is 10.5. The van der Waals surface area contributed by atoms with E-state index < -0.39 is 0 Å². The zero-order chi connectivity index (χ0) is 19.3. The third-order valence-corrected chi connectivity index (χ3v) is 5.30. The van der Waals surface area contributed by atoms with Crippen LogP contribution in [0.2, 0.25) is 0 Å². The number of esters is 1. The summed E-state index contributed by atoms with van der Waals surface area (Å²) in [5.41, 5.74) is 4.22. The van der Waals surface area contributed by atoms with Crippen LogP contribution in [0, 0.1) is 0 Å². The van der Waals surface area contributed by atoms with Gasteiger partial charge in [-0.1, -0.05) is 36.0 Å². The number of pyridine rings is 1. The van der Waals surface area contributed by atoms with Crippen molar-refractivity contribution in [1.29, 1.82) is 0 Å². The summed E-state index contributed by atoms with van der Waals surface area (Å²) in [7, 11) is 0. The lowest BCUT2D eigenvalue weighted by Crippen LogP contribution is -2.08. The molecule has 3 aromatic rings. The van der Waals surface area contributed by atoms with Crippen LogP contribution in [0.1, 0.15) is 47.4 Å². The first-order valence-electron chi connectivity index (χ1n) is 9.37. The van der Waals surface area contributed by atoms with Crippen LogP contribution in [0.25, 0.3) is 16.5 Å². The van der Waals surface area contributed by atoms with Gasteiger partial charge in [-0.2, -0.15) is 0 Å². The highest BCUT2D eigenvalue weighted by atomic mass is 32.2. The lowest BCUT2D eigenvalue weighted by Gasteiger charge is -2.15. The van der Waals surface area contributed by atoms with Gasteiger partial charge in [-0.3, -0.25) is 0 Å². The average Bonchev–Trinajstić information content (AvgIpc) is 2.77. The molecule has 1 aromatic carbocycles. The smallest absolute Gasteiger partial charge is 0.338 e. The van der Waals surface area contributed by atoms with E-state index in [0.717, 1.165) is 41.0 Å². The Balaban J connectivity index is 1.67. The van der Waals surface area contributed by atoms with Crippen LogP contribution in [-0.4, -0.2) is 27.2 Å². The van der Waals surface area contributed by atoms with Crippen molar-refractivity contribution < 1.29 is 9.53 Å². The number of fused-ring (bicyclic) bond motifs is 1. The highest BCUT2D eigenvalue weighted by Crippen LogP contribution is 2.31. The summed E-state index contributed by atoms with van der Waals surface area (Å²) in [5.74, 6) is -0.352. The first-order chi connectivity index (χ1) is 13.7. The number of rotatable bonds is 5. The third kappa shape index (κ3) is 4.07. The lowest BCUT2D eigenvalue weighted by atomic mass is 9.95. The summed E-state index contributed by atoms with van der Waals surface area (Å²) in [5, 5.41) is 1.65. The summed E-state index contributed by atoms with van der Waals surface area (Å²) >= 11 is 1.52. The molecule has 0 amide bonds. The fraction of sp³-hybridized carbons (Fsp3) is 0.273. The van der Waals surface area contributed by atoms with E-state index in [0.29, 0.717) is 11.3 Å². The van der Waals surface area contributed by atoms with Crippen molar-refractivity contribution in [3.05, 3.63) is 65.6 Å². The lowest BCUT2D eigenvalue weighted by molar-refractivity contribution is 0.0468. The molecule has 4 rings (SSSR count). The number of ether oxygens (including phenoxy) is 1. The van der Waals surface area contributed by atoms with Gasteiger partial charge in [-0.15, -0.1) is 0 Å². The van der Waals surface area contributed by atoms with Gasteiger partial charge in [0.25, 0.3) is 0 Å². The molecule has 0 unspecified atom stereocenters. The van der Waals surface area contributed by atoms with E-state index in [4.69, 9.17) is 14.7 Å². The molecule has 0 saturated heterocycles. The van der Waals surface area contributed by atoms with Gasteiger partial charge < -0.3 is 4.74 Å². The topological polar surface area (TPSA) is 65.0 Å². The van der Waals surface area contributed by atoms with Gasteiger partial charge in [0, 0.05) is 11.6 Å². The minimum atomic E-state index is -0.352. The first-order valence-corrected chi connectivity index (χ1v) is 10.6. The Morgan fingerprint density at radius 1 is 1.18 bits per heavy atom. The predicted molar refractivity (Wildman–Crippen MR) is 111 cm³/mol. The minimum Gasteiger partial charge on any atom is -0.456 e. The molecule has 0 spiro atoms. The Bertz CT molecular complexity index is 1030. The molecule has 0 atom stereocenters. The summed E-state index contributed by atoms with van der Waals surface area (Å²) in [4.78, 5) is 26.2. The number of allylic oxidation sites excluding steroid dienone is 2. The second-order valence-corrected chi connectivity index (χ2v) is 7.45. The van der Waals surface area contributed by atoms with Gasteiger partial charge in [-0.25, -0.2) is 19.7 Å². The monoisotopic (exact) mass is 391 g/mol. The second-order valence-electron chi connectivity index (χ2n) is 6.67. The fourth-order valence-electron chi connectivity index (χ4n) is 3.33. The van der Waals surface area contributed by atoms with Gasteiger partial charge in [0.05, 0.1) is 17.0 Å². The third-order valence-electron chi connectivity index (χ3n) is 4.74. The standard InChI is InChI=1S/C22H21N3O2S/c1-28-22-23-13-17-12-18(14-27-21(26)16-10-6-3-7-11-16)24-19(20(17)25-22)15-8-4-2-5-9-15/h3,6-8,10-13H,2,4-5,9,14H2,1H3. The normalized spacial score (nSPS) is 14.0. The van der Waals surface area contributed by atoms with Gasteiger partial charge in [0.2, 0.25) is 0 Å². The Morgan fingerprint density at radius 3 is 2.79 bits per heavy atom. The number of benzene rings is 1. The van der Waals surface area contributed by atoms with Gasteiger partial charge in [0.15, 0.2) is 5.16 Å². The van der Waals surface area contributed by atoms with Gasteiger partial charge in [0.1, 0.15) is 12.1 Å². The van der Waals surface area contributed by atoms with Gasteiger partial charge >= 0.3 is 5.97 Å². The zero-order valence-electron chi connectivity index (χ0n) is 15.7. The molecule has 2 aromatic heterocycles. The van der Waals surface area contributed by atoms with Crippen molar-refractivity contribution in [2.75, 3.05) is 6.26 Å². The highest BCUT2D eigenvalue weighted by molar-refractivity contribution is 7.98. The van der Waals surface area contributed by atoms with Crippen molar-refractivity contribution in [3.8, 4) is 0 Å². The minimum absolute atomic E-state index is 0.119. The van der Waals surface area contributed by atoms with Crippen LogP contribution in [0.15, 0.2) is 53.8 Å².